The van der Waals surface area contributed by atoms with Gasteiger partial charge in [0.1, 0.15) is 12.2 Å². The van der Waals surface area contributed by atoms with Gasteiger partial charge in [-0.1, -0.05) is 173 Å². The number of unbranched alkanes of at least 4 members (excludes halogenated alkanes) is 9. The predicted octanol–water partition coefficient (Wildman–Crippen LogP) is 11.6. The Labute approximate surface area is 284 Å². The Hall–Kier alpha value is -1.76. The first-order valence-electron chi connectivity index (χ1n) is 18.5. The van der Waals surface area contributed by atoms with Gasteiger partial charge in [-0.3, -0.25) is 0 Å². The second kappa shape index (κ2) is 23.5. The maximum Gasteiger partial charge on any atom is 0.200 e. The summed E-state index contributed by atoms with van der Waals surface area (Å²) in [7, 11) is -2.16. The van der Waals surface area contributed by atoms with E-state index in [0.717, 1.165) is 17.5 Å². The number of aliphatic hydroxyl groups is 1. The summed E-state index contributed by atoms with van der Waals surface area (Å²) in [6.45, 7) is 17.1. The fourth-order valence-electron chi connectivity index (χ4n) is 7.05. The van der Waals surface area contributed by atoms with Crippen molar-refractivity contribution in [1.82, 2.24) is 0 Å². The summed E-state index contributed by atoms with van der Waals surface area (Å²) in [4.78, 5) is 0. The van der Waals surface area contributed by atoms with Crippen LogP contribution in [0.5, 0.6) is 0 Å². The van der Waals surface area contributed by atoms with E-state index in [9.17, 15) is 5.11 Å². The SMILES string of the molecule is CCCCCCCCCCC/C=C/C[C@@H](OCc1ccccc1)[C@H](OCc1ccccc1)[C@H](O)CO[Si](C(C)C)(C(C)C)C(C)C. The van der Waals surface area contributed by atoms with Crippen LogP contribution in [0.15, 0.2) is 72.8 Å². The zero-order valence-corrected chi connectivity index (χ0v) is 31.5. The predicted molar refractivity (Wildman–Crippen MR) is 199 cm³/mol. The van der Waals surface area contributed by atoms with Gasteiger partial charge < -0.3 is 19.0 Å². The van der Waals surface area contributed by atoms with Gasteiger partial charge in [0.15, 0.2) is 8.32 Å². The van der Waals surface area contributed by atoms with E-state index in [-0.39, 0.29) is 12.7 Å². The highest BCUT2D eigenvalue weighted by Gasteiger charge is 2.46. The van der Waals surface area contributed by atoms with E-state index in [2.05, 4.69) is 84.9 Å². The molecule has 0 bridgehead atoms. The minimum absolute atomic E-state index is 0.258. The van der Waals surface area contributed by atoms with Crippen LogP contribution in [-0.2, 0) is 27.1 Å². The Morgan fingerprint density at radius 2 is 1.11 bits per heavy atom. The second-order valence-corrected chi connectivity index (χ2v) is 19.6. The molecule has 4 nitrogen and oxygen atoms in total. The van der Waals surface area contributed by atoms with Crippen molar-refractivity contribution >= 4 is 8.32 Å². The average Bonchev–Trinajstić information content (AvgIpc) is 3.04. The molecule has 0 unspecified atom stereocenters. The van der Waals surface area contributed by atoms with Gasteiger partial charge in [0.2, 0.25) is 0 Å². The van der Waals surface area contributed by atoms with Gasteiger partial charge in [0.05, 0.1) is 25.9 Å². The fourth-order valence-corrected chi connectivity index (χ4v) is 12.5. The highest BCUT2D eigenvalue weighted by atomic mass is 28.4. The molecule has 0 aliphatic carbocycles. The number of aliphatic hydroxyl groups excluding tert-OH is 1. The third-order valence-corrected chi connectivity index (χ3v) is 15.6. The molecule has 0 heterocycles. The van der Waals surface area contributed by atoms with Crippen LogP contribution in [0.25, 0.3) is 0 Å². The Bertz CT molecular complexity index is 1000. The Kier molecular flexibility index (Phi) is 20.7. The zero-order chi connectivity index (χ0) is 33.6. The van der Waals surface area contributed by atoms with Crippen molar-refractivity contribution in [2.24, 2.45) is 0 Å². The van der Waals surface area contributed by atoms with Crippen molar-refractivity contribution in [3.8, 4) is 0 Å². The summed E-state index contributed by atoms with van der Waals surface area (Å²) in [6.07, 6.45) is 16.7. The summed E-state index contributed by atoms with van der Waals surface area (Å²) < 4.78 is 20.0. The van der Waals surface area contributed by atoms with Gasteiger partial charge in [-0.05, 0) is 47.0 Å². The topological polar surface area (TPSA) is 47.9 Å². The fraction of sp³-hybridized carbons (Fsp3) is 0.659. The number of benzene rings is 2. The van der Waals surface area contributed by atoms with E-state index in [4.69, 9.17) is 13.9 Å². The van der Waals surface area contributed by atoms with Crippen molar-refractivity contribution in [3.05, 3.63) is 83.9 Å². The number of ether oxygens (including phenoxy) is 2. The van der Waals surface area contributed by atoms with Crippen LogP contribution >= 0.6 is 0 Å². The maximum atomic E-state index is 11.8. The Balaban J connectivity index is 2.14. The molecule has 2 rings (SSSR count). The molecule has 0 amide bonds. The number of hydrogen-bond donors (Lipinski definition) is 1. The molecule has 46 heavy (non-hydrogen) atoms. The standard InChI is InChI=1S/C41H68O4Si/c1-8-9-10-11-12-13-14-15-16-17-18-25-30-40(43-31-37-26-21-19-22-27-37)41(44-32-38-28-23-20-24-29-38)39(42)33-45-46(34(2)3,35(4)5)36(6)7/h18-29,34-36,39-42H,8-17,30-33H2,1-7H3/b25-18+/t39-,40-,41-/m1/s1. The molecule has 0 aromatic heterocycles. The van der Waals surface area contributed by atoms with Crippen LogP contribution in [0.3, 0.4) is 0 Å². The monoisotopic (exact) mass is 652 g/mol. The minimum Gasteiger partial charge on any atom is -0.413 e. The molecule has 2 aromatic rings. The lowest BCUT2D eigenvalue weighted by molar-refractivity contribution is -0.139. The summed E-state index contributed by atoms with van der Waals surface area (Å²) in [5, 5.41) is 11.8. The highest BCUT2D eigenvalue weighted by Crippen LogP contribution is 2.42. The zero-order valence-electron chi connectivity index (χ0n) is 30.5. The van der Waals surface area contributed by atoms with Gasteiger partial charge in [-0.25, -0.2) is 0 Å². The third-order valence-electron chi connectivity index (χ3n) is 9.56. The number of rotatable bonds is 26. The molecule has 260 valence electrons. The molecular formula is C41H68O4Si. The van der Waals surface area contributed by atoms with E-state index < -0.39 is 20.5 Å². The average molecular weight is 653 g/mol. The Morgan fingerprint density at radius 1 is 0.630 bits per heavy atom. The maximum absolute atomic E-state index is 11.8. The van der Waals surface area contributed by atoms with E-state index in [1.165, 1.54) is 57.8 Å². The molecule has 0 aliphatic rings. The molecule has 0 radical (unpaired) electrons. The van der Waals surface area contributed by atoms with Crippen LogP contribution in [0.1, 0.15) is 130 Å². The first kappa shape index (κ1) is 40.4. The van der Waals surface area contributed by atoms with Gasteiger partial charge in [0.25, 0.3) is 0 Å². The van der Waals surface area contributed by atoms with E-state index in [1.807, 2.05) is 36.4 Å². The molecule has 5 heteroatoms. The largest absolute Gasteiger partial charge is 0.413 e. The number of hydrogen-bond acceptors (Lipinski definition) is 4. The van der Waals surface area contributed by atoms with Crippen LogP contribution in [0, 0.1) is 0 Å². The van der Waals surface area contributed by atoms with Gasteiger partial charge in [-0.15, -0.1) is 0 Å². The summed E-state index contributed by atoms with van der Waals surface area (Å²) in [5.41, 5.74) is 3.52. The quantitative estimate of drug-likeness (QED) is 0.0624. The molecule has 0 spiro atoms. The second-order valence-electron chi connectivity index (χ2n) is 14.1. The van der Waals surface area contributed by atoms with E-state index >= 15 is 0 Å². The van der Waals surface area contributed by atoms with Gasteiger partial charge in [-0.2, -0.15) is 0 Å². The van der Waals surface area contributed by atoms with E-state index in [1.54, 1.807) is 0 Å². The van der Waals surface area contributed by atoms with Crippen molar-refractivity contribution in [1.29, 1.82) is 0 Å². The lowest BCUT2D eigenvalue weighted by Gasteiger charge is -2.43. The van der Waals surface area contributed by atoms with Gasteiger partial charge >= 0.3 is 0 Å². The van der Waals surface area contributed by atoms with Gasteiger partial charge in [0, 0.05) is 0 Å². The molecule has 0 fully saturated rings. The normalized spacial score (nSPS) is 14.5. The third kappa shape index (κ3) is 14.6. The molecule has 0 saturated heterocycles. The van der Waals surface area contributed by atoms with Crippen LogP contribution in [0.4, 0.5) is 0 Å². The molecule has 0 aliphatic heterocycles. The summed E-state index contributed by atoms with van der Waals surface area (Å²) in [6, 6.07) is 20.5. The first-order valence-corrected chi connectivity index (χ1v) is 20.6. The summed E-state index contributed by atoms with van der Waals surface area (Å²) >= 11 is 0. The van der Waals surface area contributed by atoms with Crippen LogP contribution < -0.4 is 0 Å². The highest BCUT2D eigenvalue weighted by molar-refractivity contribution is 6.77. The van der Waals surface area contributed by atoms with E-state index in [0.29, 0.717) is 36.3 Å². The molecule has 3 atom stereocenters. The lowest BCUT2D eigenvalue weighted by Crippen LogP contribution is -2.51. The van der Waals surface area contributed by atoms with Crippen molar-refractivity contribution < 1.29 is 19.0 Å². The number of allylic oxidation sites excluding steroid dienone is 1. The Morgan fingerprint density at radius 3 is 1.61 bits per heavy atom. The van der Waals surface area contributed by atoms with Crippen LogP contribution in [0.2, 0.25) is 16.6 Å². The van der Waals surface area contributed by atoms with Crippen molar-refractivity contribution in [2.75, 3.05) is 6.61 Å². The molecule has 2 aromatic carbocycles. The van der Waals surface area contributed by atoms with Crippen molar-refractivity contribution in [2.45, 2.75) is 167 Å². The van der Waals surface area contributed by atoms with Crippen molar-refractivity contribution in [3.63, 3.8) is 0 Å². The summed E-state index contributed by atoms with van der Waals surface area (Å²) in [5.74, 6) is 0. The smallest absolute Gasteiger partial charge is 0.200 e. The molecule has 1 N–H and O–H groups in total. The first-order chi connectivity index (χ1) is 22.2. The minimum atomic E-state index is -2.16. The van der Waals surface area contributed by atoms with Crippen LogP contribution in [-0.4, -0.2) is 38.3 Å². The lowest BCUT2D eigenvalue weighted by atomic mass is 10.0. The molecular weight excluding hydrogens is 585 g/mol. The molecule has 0 saturated carbocycles.